The van der Waals surface area contributed by atoms with Crippen LogP contribution < -0.4 is 10.5 Å². The zero-order valence-corrected chi connectivity index (χ0v) is 17.6. The van der Waals surface area contributed by atoms with Crippen LogP contribution in [0.5, 0.6) is 5.75 Å². The second-order valence-electron chi connectivity index (χ2n) is 9.11. The average molecular weight is 376 g/mol. The number of unbranched alkanes of at least 4 members (excludes halogenated alkanes) is 4. The van der Waals surface area contributed by atoms with Crippen LogP contribution in [0.3, 0.4) is 0 Å². The summed E-state index contributed by atoms with van der Waals surface area (Å²) in [6.07, 6.45) is 13.1. The molecule has 1 aliphatic carbocycles. The lowest BCUT2D eigenvalue weighted by Crippen LogP contribution is -2.44. The molecule has 1 aromatic carbocycles. The fourth-order valence-corrected chi connectivity index (χ4v) is 3.66. The first kappa shape index (κ1) is 22.2. The summed E-state index contributed by atoms with van der Waals surface area (Å²) in [7, 11) is 0. The molecule has 0 amide bonds. The molecule has 0 aromatic heterocycles. The van der Waals surface area contributed by atoms with E-state index in [-0.39, 0.29) is 6.61 Å². The molecule has 1 unspecified atom stereocenters. The lowest BCUT2D eigenvalue weighted by molar-refractivity contribution is 0.172. The highest BCUT2D eigenvalue weighted by atomic mass is 16.5. The Hall–Kier alpha value is -1.06. The predicted octanol–water partition coefficient (Wildman–Crippen LogP) is 5.48. The number of benzene rings is 1. The Morgan fingerprint density at radius 1 is 1.07 bits per heavy atom. The largest absolute Gasteiger partial charge is 0.494 e. The van der Waals surface area contributed by atoms with Crippen molar-refractivity contribution in [1.82, 2.24) is 0 Å². The zero-order chi connectivity index (χ0) is 19.5. The summed E-state index contributed by atoms with van der Waals surface area (Å²) in [5.74, 6) is 2.53. The molecule has 27 heavy (non-hydrogen) atoms. The molecule has 0 radical (unpaired) electrons. The molecule has 0 heterocycles. The lowest BCUT2D eigenvalue weighted by atomic mass is 9.88. The maximum absolute atomic E-state index is 9.65. The van der Waals surface area contributed by atoms with Crippen LogP contribution in [0.25, 0.3) is 0 Å². The van der Waals surface area contributed by atoms with Gasteiger partial charge in [0.1, 0.15) is 5.75 Å². The summed E-state index contributed by atoms with van der Waals surface area (Å²) in [6.45, 7) is 5.49. The van der Waals surface area contributed by atoms with E-state index in [9.17, 15) is 5.11 Å². The van der Waals surface area contributed by atoms with Crippen molar-refractivity contribution in [2.45, 2.75) is 90.0 Å². The maximum atomic E-state index is 9.65. The Morgan fingerprint density at radius 2 is 1.74 bits per heavy atom. The van der Waals surface area contributed by atoms with Crippen molar-refractivity contribution in [3.05, 3.63) is 29.8 Å². The van der Waals surface area contributed by atoms with Gasteiger partial charge in [-0.25, -0.2) is 0 Å². The van der Waals surface area contributed by atoms with Gasteiger partial charge in [-0.2, -0.15) is 0 Å². The number of aliphatic hydroxyl groups is 1. The SMILES string of the molecule is CC(C)CCCCCCCOc1ccc(CCC(N)(CO)CC2CC2)cc1. The molecular formula is C24H41NO2. The number of hydrogen-bond donors (Lipinski definition) is 2. The van der Waals surface area contributed by atoms with Gasteiger partial charge in [-0.05, 0) is 55.2 Å². The van der Waals surface area contributed by atoms with Crippen LogP contribution in [0.1, 0.15) is 83.6 Å². The molecule has 1 aliphatic rings. The highest BCUT2D eigenvalue weighted by Gasteiger charge is 2.33. The lowest BCUT2D eigenvalue weighted by Gasteiger charge is -2.27. The zero-order valence-electron chi connectivity index (χ0n) is 17.6. The summed E-state index contributed by atoms with van der Waals surface area (Å²) in [5, 5.41) is 9.65. The third kappa shape index (κ3) is 9.62. The van der Waals surface area contributed by atoms with E-state index in [4.69, 9.17) is 10.5 Å². The van der Waals surface area contributed by atoms with Gasteiger partial charge in [0.25, 0.3) is 0 Å². The summed E-state index contributed by atoms with van der Waals surface area (Å²) in [6, 6.07) is 8.40. The van der Waals surface area contributed by atoms with Crippen molar-refractivity contribution in [3.63, 3.8) is 0 Å². The minimum Gasteiger partial charge on any atom is -0.494 e. The molecule has 1 atom stereocenters. The van der Waals surface area contributed by atoms with E-state index in [1.165, 1.54) is 50.5 Å². The van der Waals surface area contributed by atoms with Gasteiger partial charge in [-0.3, -0.25) is 0 Å². The van der Waals surface area contributed by atoms with Crippen LogP contribution >= 0.6 is 0 Å². The normalized spacial score (nSPS) is 16.5. The standard InChI is InChI=1S/C24H41NO2/c1-20(2)8-6-4-3-5-7-17-27-23-13-11-21(12-14-23)15-16-24(25,19-26)18-22-9-10-22/h11-14,20,22,26H,3-10,15-19,25H2,1-2H3. The van der Waals surface area contributed by atoms with Crippen molar-refractivity contribution in [1.29, 1.82) is 0 Å². The van der Waals surface area contributed by atoms with Gasteiger partial charge in [0.15, 0.2) is 0 Å². The topological polar surface area (TPSA) is 55.5 Å². The van der Waals surface area contributed by atoms with Gasteiger partial charge in [0.05, 0.1) is 13.2 Å². The van der Waals surface area contributed by atoms with Crippen LogP contribution in [0.15, 0.2) is 24.3 Å². The van der Waals surface area contributed by atoms with Crippen LogP contribution in [-0.2, 0) is 6.42 Å². The van der Waals surface area contributed by atoms with E-state index in [1.807, 2.05) is 0 Å². The Morgan fingerprint density at radius 3 is 2.37 bits per heavy atom. The predicted molar refractivity (Wildman–Crippen MR) is 114 cm³/mol. The summed E-state index contributed by atoms with van der Waals surface area (Å²) in [4.78, 5) is 0. The number of aliphatic hydroxyl groups excluding tert-OH is 1. The van der Waals surface area contributed by atoms with Gasteiger partial charge in [0, 0.05) is 5.54 Å². The monoisotopic (exact) mass is 375 g/mol. The molecule has 2 rings (SSSR count). The second-order valence-corrected chi connectivity index (χ2v) is 9.11. The first-order chi connectivity index (χ1) is 13.0. The molecule has 0 aliphatic heterocycles. The van der Waals surface area contributed by atoms with Crippen molar-refractivity contribution < 1.29 is 9.84 Å². The Bertz CT molecular complexity index is 510. The fourth-order valence-electron chi connectivity index (χ4n) is 3.66. The maximum Gasteiger partial charge on any atom is 0.119 e. The minimum atomic E-state index is -0.411. The third-order valence-corrected chi connectivity index (χ3v) is 5.74. The molecule has 154 valence electrons. The number of rotatable bonds is 15. The van der Waals surface area contributed by atoms with Gasteiger partial charge >= 0.3 is 0 Å². The number of hydrogen-bond acceptors (Lipinski definition) is 3. The highest BCUT2D eigenvalue weighted by molar-refractivity contribution is 5.27. The fraction of sp³-hybridized carbons (Fsp3) is 0.750. The van der Waals surface area contributed by atoms with Crippen LogP contribution in [-0.4, -0.2) is 23.9 Å². The summed E-state index contributed by atoms with van der Waals surface area (Å²) >= 11 is 0. The van der Waals surface area contributed by atoms with Crippen molar-refractivity contribution in [2.75, 3.05) is 13.2 Å². The molecule has 0 spiro atoms. The second kappa shape index (κ2) is 11.7. The van der Waals surface area contributed by atoms with E-state index in [0.717, 1.165) is 49.9 Å². The summed E-state index contributed by atoms with van der Waals surface area (Å²) < 4.78 is 5.87. The number of nitrogens with two attached hydrogens (primary N) is 1. The minimum absolute atomic E-state index is 0.0855. The first-order valence-electron chi connectivity index (χ1n) is 11.1. The van der Waals surface area contributed by atoms with Gasteiger partial charge in [-0.1, -0.05) is 70.9 Å². The Balaban J connectivity index is 1.58. The molecule has 0 bridgehead atoms. The molecule has 1 fully saturated rings. The van der Waals surface area contributed by atoms with Crippen LogP contribution in [0, 0.1) is 11.8 Å². The number of ether oxygens (including phenoxy) is 1. The molecule has 3 N–H and O–H groups in total. The van der Waals surface area contributed by atoms with Gasteiger partial charge < -0.3 is 15.6 Å². The van der Waals surface area contributed by atoms with E-state index in [2.05, 4.69) is 38.1 Å². The number of aryl methyl sites for hydroxylation is 1. The summed E-state index contributed by atoms with van der Waals surface area (Å²) in [5.41, 5.74) is 7.24. The Labute approximate surface area is 166 Å². The smallest absolute Gasteiger partial charge is 0.119 e. The Kier molecular flexibility index (Phi) is 9.64. The third-order valence-electron chi connectivity index (χ3n) is 5.74. The van der Waals surface area contributed by atoms with Gasteiger partial charge in [0.2, 0.25) is 0 Å². The molecule has 1 aromatic rings. The van der Waals surface area contributed by atoms with Gasteiger partial charge in [-0.15, -0.1) is 0 Å². The quantitative estimate of drug-likeness (QED) is 0.399. The average Bonchev–Trinajstić information content (AvgIpc) is 3.46. The molecule has 1 saturated carbocycles. The van der Waals surface area contributed by atoms with E-state index >= 15 is 0 Å². The van der Waals surface area contributed by atoms with E-state index in [1.54, 1.807) is 0 Å². The molecule has 0 saturated heterocycles. The first-order valence-corrected chi connectivity index (χ1v) is 11.1. The highest BCUT2D eigenvalue weighted by Crippen LogP contribution is 2.37. The van der Waals surface area contributed by atoms with Crippen LogP contribution in [0.4, 0.5) is 0 Å². The van der Waals surface area contributed by atoms with Crippen molar-refractivity contribution in [2.24, 2.45) is 17.6 Å². The van der Waals surface area contributed by atoms with Crippen molar-refractivity contribution in [3.8, 4) is 5.75 Å². The molecule has 3 nitrogen and oxygen atoms in total. The van der Waals surface area contributed by atoms with Crippen molar-refractivity contribution >= 4 is 0 Å². The molecular weight excluding hydrogens is 334 g/mol. The van der Waals surface area contributed by atoms with E-state index < -0.39 is 5.54 Å². The van der Waals surface area contributed by atoms with Crippen LogP contribution in [0.2, 0.25) is 0 Å². The van der Waals surface area contributed by atoms with E-state index in [0.29, 0.717) is 0 Å². The molecule has 3 heteroatoms.